The molecule has 70 valence electrons. The Morgan fingerprint density at radius 1 is 1.54 bits per heavy atom. The van der Waals surface area contributed by atoms with Crippen molar-refractivity contribution in [1.29, 1.82) is 0 Å². The Labute approximate surface area is 78.4 Å². The normalized spacial score (nSPS) is 16.1. The number of hydrogen-bond acceptors (Lipinski definition) is 3. The van der Waals surface area contributed by atoms with Crippen LogP contribution in [0.2, 0.25) is 0 Å². The molecule has 0 aliphatic heterocycles. The Morgan fingerprint density at radius 2 is 2.31 bits per heavy atom. The van der Waals surface area contributed by atoms with E-state index in [-0.39, 0.29) is 0 Å². The smallest absolute Gasteiger partial charge is 0.131 e. The van der Waals surface area contributed by atoms with E-state index in [1.165, 1.54) is 12.8 Å². The van der Waals surface area contributed by atoms with Crippen molar-refractivity contribution in [2.75, 3.05) is 5.73 Å². The first kappa shape index (κ1) is 8.48. The van der Waals surface area contributed by atoms with Crippen LogP contribution in [0.1, 0.15) is 43.6 Å². The molecule has 0 atom stereocenters. The molecule has 0 aromatic carbocycles. The fourth-order valence-electron chi connectivity index (χ4n) is 1.42. The van der Waals surface area contributed by atoms with E-state index in [1.807, 2.05) is 0 Å². The van der Waals surface area contributed by atoms with Crippen molar-refractivity contribution in [3.05, 3.63) is 17.7 Å². The van der Waals surface area contributed by atoms with Crippen molar-refractivity contribution in [2.24, 2.45) is 0 Å². The monoisotopic (exact) mass is 177 g/mol. The number of hydrogen-bond donors (Lipinski definition) is 1. The number of nitrogens with two attached hydrogens (primary N) is 1. The average Bonchev–Trinajstić information content (AvgIpc) is 2.92. The predicted octanol–water partition coefficient (Wildman–Crippen LogP) is 1.89. The SMILES string of the molecule is CCCc1nc(C2CC2)ncc1N. The molecule has 0 bridgehead atoms. The molecule has 0 spiro atoms. The first-order chi connectivity index (χ1) is 6.31. The summed E-state index contributed by atoms with van der Waals surface area (Å²) in [6.07, 6.45) is 6.30. The van der Waals surface area contributed by atoms with Gasteiger partial charge >= 0.3 is 0 Å². The lowest BCUT2D eigenvalue weighted by Crippen LogP contribution is -2.02. The summed E-state index contributed by atoms with van der Waals surface area (Å²) >= 11 is 0. The fourth-order valence-corrected chi connectivity index (χ4v) is 1.42. The molecular formula is C10H15N3. The zero-order chi connectivity index (χ0) is 9.26. The predicted molar refractivity (Wildman–Crippen MR) is 52.4 cm³/mol. The van der Waals surface area contributed by atoms with E-state index in [0.717, 1.165) is 30.0 Å². The number of aryl methyl sites for hydroxylation is 1. The van der Waals surface area contributed by atoms with Crippen LogP contribution in [-0.2, 0) is 6.42 Å². The fraction of sp³-hybridized carbons (Fsp3) is 0.600. The zero-order valence-corrected chi connectivity index (χ0v) is 7.95. The van der Waals surface area contributed by atoms with E-state index in [2.05, 4.69) is 16.9 Å². The third kappa shape index (κ3) is 1.79. The van der Waals surface area contributed by atoms with E-state index >= 15 is 0 Å². The van der Waals surface area contributed by atoms with Crippen LogP contribution in [0.4, 0.5) is 5.69 Å². The van der Waals surface area contributed by atoms with Crippen LogP contribution in [0.15, 0.2) is 6.20 Å². The summed E-state index contributed by atoms with van der Waals surface area (Å²) in [6, 6.07) is 0. The largest absolute Gasteiger partial charge is 0.396 e. The van der Waals surface area contributed by atoms with Crippen molar-refractivity contribution in [3.63, 3.8) is 0 Å². The highest BCUT2D eigenvalue weighted by atomic mass is 14.9. The number of nitrogen functional groups attached to an aromatic ring is 1. The first-order valence-electron chi connectivity index (χ1n) is 4.92. The Hall–Kier alpha value is -1.12. The topological polar surface area (TPSA) is 51.8 Å². The molecule has 0 saturated heterocycles. The molecule has 1 aliphatic rings. The summed E-state index contributed by atoms with van der Waals surface area (Å²) < 4.78 is 0. The quantitative estimate of drug-likeness (QED) is 0.767. The number of anilines is 1. The van der Waals surface area contributed by atoms with Crippen molar-refractivity contribution in [3.8, 4) is 0 Å². The van der Waals surface area contributed by atoms with Gasteiger partial charge < -0.3 is 5.73 Å². The second-order valence-electron chi connectivity index (χ2n) is 3.65. The lowest BCUT2D eigenvalue weighted by molar-refractivity contribution is 0.833. The lowest BCUT2D eigenvalue weighted by Gasteiger charge is -2.04. The molecule has 1 fully saturated rings. The van der Waals surface area contributed by atoms with Crippen LogP contribution in [-0.4, -0.2) is 9.97 Å². The average molecular weight is 177 g/mol. The van der Waals surface area contributed by atoms with Gasteiger partial charge in [0, 0.05) is 5.92 Å². The molecule has 1 aromatic heterocycles. The molecule has 13 heavy (non-hydrogen) atoms. The summed E-state index contributed by atoms with van der Waals surface area (Å²) in [5.41, 5.74) is 7.54. The van der Waals surface area contributed by atoms with Gasteiger partial charge in [0.1, 0.15) is 5.82 Å². The van der Waals surface area contributed by atoms with E-state index in [1.54, 1.807) is 6.20 Å². The summed E-state index contributed by atoms with van der Waals surface area (Å²) in [6.45, 7) is 2.14. The molecule has 1 heterocycles. The summed E-state index contributed by atoms with van der Waals surface area (Å²) in [5, 5.41) is 0. The molecule has 2 rings (SSSR count). The highest BCUT2D eigenvalue weighted by Gasteiger charge is 2.26. The van der Waals surface area contributed by atoms with Crippen molar-refractivity contribution < 1.29 is 0 Å². The Bertz CT molecular complexity index is 305. The first-order valence-corrected chi connectivity index (χ1v) is 4.92. The third-order valence-corrected chi connectivity index (χ3v) is 2.35. The van der Waals surface area contributed by atoms with Gasteiger partial charge in [-0.05, 0) is 19.3 Å². The number of rotatable bonds is 3. The van der Waals surface area contributed by atoms with Crippen LogP contribution in [0, 0.1) is 0 Å². The van der Waals surface area contributed by atoms with E-state index in [9.17, 15) is 0 Å². The highest BCUT2D eigenvalue weighted by molar-refractivity contribution is 5.40. The Kier molecular flexibility index (Phi) is 2.17. The minimum atomic E-state index is 0.621. The van der Waals surface area contributed by atoms with Crippen LogP contribution in [0.5, 0.6) is 0 Å². The Morgan fingerprint density at radius 3 is 2.92 bits per heavy atom. The lowest BCUT2D eigenvalue weighted by atomic mass is 10.2. The van der Waals surface area contributed by atoms with Gasteiger partial charge in [0.05, 0.1) is 17.6 Å². The van der Waals surface area contributed by atoms with Crippen molar-refractivity contribution >= 4 is 5.69 Å². The van der Waals surface area contributed by atoms with Crippen LogP contribution < -0.4 is 5.73 Å². The second kappa shape index (κ2) is 3.32. The van der Waals surface area contributed by atoms with Gasteiger partial charge in [-0.3, -0.25) is 0 Å². The minimum absolute atomic E-state index is 0.621. The van der Waals surface area contributed by atoms with Gasteiger partial charge in [-0.1, -0.05) is 13.3 Å². The van der Waals surface area contributed by atoms with Crippen molar-refractivity contribution in [2.45, 2.75) is 38.5 Å². The zero-order valence-electron chi connectivity index (χ0n) is 7.95. The van der Waals surface area contributed by atoms with E-state index < -0.39 is 0 Å². The van der Waals surface area contributed by atoms with Gasteiger partial charge in [-0.2, -0.15) is 0 Å². The molecular weight excluding hydrogens is 162 g/mol. The molecule has 1 aliphatic carbocycles. The molecule has 0 radical (unpaired) electrons. The van der Waals surface area contributed by atoms with Gasteiger partial charge in [-0.25, -0.2) is 9.97 Å². The number of aromatic nitrogens is 2. The van der Waals surface area contributed by atoms with Gasteiger partial charge in [0.25, 0.3) is 0 Å². The second-order valence-corrected chi connectivity index (χ2v) is 3.65. The highest BCUT2D eigenvalue weighted by Crippen LogP contribution is 2.38. The van der Waals surface area contributed by atoms with Crippen LogP contribution >= 0.6 is 0 Å². The van der Waals surface area contributed by atoms with Gasteiger partial charge in [0.15, 0.2) is 0 Å². The molecule has 1 saturated carbocycles. The summed E-state index contributed by atoms with van der Waals surface area (Å²) in [4.78, 5) is 8.73. The summed E-state index contributed by atoms with van der Waals surface area (Å²) in [7, 11) is 0. The van der Waals surface area contributed by atoms with E-state index in [4.69, 9.17) is 5.73 Å². The van der Waals surface area contributed by atoms with E-state index in [0.29, 0.717) is 5.92 Å². The van der Waals surface area contributed by atoms with Crippen LogP contribution in [0.3, 0.4) is 0 Å². The maximum Gasteiger partial charge on any atom is 0.131 e. The molecule has 3 nitrogen and oxygen atoms in total. The Balaban J connectivity index is 2.25. The van der Waals surface area contributed by atoms with Gasteiger partial charge in [0.2, 0.25) is 0 Å². The molecule has 2 N–H and O–H groups in total. The molecule has 1 aromatic rings. The van der Waals surface area contributed by atoms with Crippen LogP contribution in [0.25, 0.3) is 0 Å². The molecule has 0 amide bonds. The maximum atomic E-state index is 5.77. The standard InChI is InChI=1S/C10H15N3/c1-2-3-9-8(11)6-12-10(13-9)7-4-5-7/h6-7H,2-5,11H2,1H3. The summed E-state index contributed by atoms with van der Waals surface area (Å²) in [5.74, 6) is 1.62. The van der Waals surface area contributed by atoms with Gasteiger partial charge in [-0.15, -0.1) is 0 Å². The van der Waals surface area contributed by atoms with Crippen molar-refractivity contribution in [1.82, 2.24) is 9.97 Å². The maximum absolute atomic E-state index is 5.77. The third-order valence-electron chi connectivity index (χ3n) is 2.35. The molecule has 0 unspecified atom stereocenters. The molecule has 3 heteroatoms. The number of nitrogens with zero attached hydrogens (tertiary/aromatic N) is 2. The minimum Gasteiger partial charge on any atom is -0.396 e.